The molecule has 0 bridgehead atoms. The summed E-state index contributed by atoms with van der Waals surface area (Å²) in [6.45, 7) is 4.78. The number of hydrogen-bond acceptors (Lipinski definition) is 9. The summed E-state index contributed by atoms with van der Waals surface area (Å²) in [6, 6.07) is 9.37. The molecule has 1 saturated heterocycles. The fourth-order valence-electron chi connectivity index (χ4n) is 4.24. The molecule has 0 radical (unpaired) electrons. The average molecular weight is 518 g/mol. The monoisotopic (exact) mass is 517 g/mol. The van der Waals surface area contributed by atoms with Crippen LogP contribution >= 0.6 is 11.3 Å². The number of hydrogen-bond donors (Lipinski definition) is 3. The lowest BCUT2D eigenvalue weighted by atomic mass is 10.1. The third-order valence-electron chi connectivity index (χ3n) is 5.88. The van der Waals surface area contributed by atoms with Gasteiger partial charge in [0, 0.05) is 31.0 Å². The summed E-state index contributed by atoms with van der Waals surface area (Å²) < 4.78 is 1.73. The van der Waals surface area contributed by atoms with Crippen molar-refractivity contribution in [1.29, 1.82) is 5.26 Å². The first-order valence-electron chi connectivity index (χ1n) is 11.6. The number of carboxylic acid groups (broad SMARTS) is 1. The highest BCUT2D eigenvalue weighted by Crippen LogP contribution is 2.34. The summed E-state index contributed by atoms with van der Waals surface area (Å²) in [5.41, 5.74) is 4.20. The van der Waals surface area contributed by atoms with Crippen molar-refractivity contribution in [1.82, 2.24) is 35.0 Å². The SMILES string of the molecule is CC(C)Nc1cc(-c2ccc3cc(C#N)cnn23)ncc1-c1nnc(C(=O)N2CC[C@H](NC(=O)O)C2)s1. The second-order valence-electron chi connectivity index (χ2n) is 8.92. The molecule has 1 atom stereocenters. The van der Waals surface area contributed by atoms with Crippen LogP contribution < -0.4 is 10.6 Å². The van der Waals surface area contributed by atoms with Gasteiger partial charge in [-0.15, -0.1) is 10.2 Å². The molecule has 2 amide bonds. The van der Waals surface area contributed by atoms with Crippen LogP contribution in [0, 0.1) is 11.3 Å². The molecule has 0 unspecified atom stereocenters. The maximum Gasteiger partial charge on any atom is 0.404 e. The van der Waals surface area contributed by atoms with Crippen molar-refractivity contribution in [3.05, 3.63) is 47.2 Å². The zero-order valence-electron chi connectivity index (χ0n) is 20.0. The third-order valence-corrected chi connectivity index (χ3v) is 6.83. The Labute approximate surface area is 215 Å². The predicted octanol–water partition coefficient (Wildman–Crippen LogP) is 3.09. The Morgan fingerprint density at radius 1 is 1.24 bits per heavy atom. The van der Waals surface area contributed by atoms with E-state index in [9.17, 15) is 9.59 Å². The van der Waals surface area contributed by atoms with E-state index in [1.807, 2.05) is 32.0 Å². The van der Waals surface area contributed by atoms with Gasteiger partial charge in [-0.25, -0.2) is 9.31 Å². The van der Waals surface area contributed by atoms with E-state index in [1.54, 1.807) is 21.7 Å². The van der Waals surface area contributed by atoms with Crippen LogP contribution in [0.2, 0.25) is 0 Å². The summed E-state index contributed by atoms with van der Waals surface area (Å²) >= 11 is 1.17. The predicted molar refractivity (Wildman–Crippen MR) is 136 cm³/mol. The van der Waals surface area contributed by atoms with Crippen LogP contribution in [0.4, 0.5) is 10.5 Å². The molecule has 5 rings (SSSR count). The molecule has 1 fully saturated rings. The Morgan fingerprint density at radius 3 is 2.84 bits per heavy atom. The quantitative estimate of drug-likeness (QED) is 0.349. The molecule has 0 aliphatic carbocycles. The number of anilines is 1. The molecular weight excluding hydrogens is 494 g/mol. The van der Waals surface area contributed by atoms with E-state index in [4.69, 9.17) is 10.4 Å². The van der Waals surface area contributed by atoms with Crippen molar-refractivity contribution in [2.75, 3.05) is 18.4 Å². The number of carbonyl (C=O) groups is 2. The number of fused-ring (bicyclic) bond motifs is 1. The standard InChI is InChI=1S/C24H23N9O3S/c1-13(2)28-18-8-19(20-4-3-16-7-14(9-25)10-27-33(16)20)26-11-17(18)21-30-31-22(37-21)23(34)32-6-5-15(12-32)29-24(35)36/h3-4,7-8,10-11,13,15,29H,5-6,12H2,1-2H3,(H,26,28)(H,35,36)/t15-/m0/s1. The Hall–Kier alpha value is -4.57. The molecule has 0 saturated carbocycles. The van der Waals surface area contributed by atoms with E-state index in [0.29, 0.717) is 41.3 Å². The van der Waals surface area contributed by atoms with Gasteiger partial charge in [-0.2, -0.15) is 10.4 Å². The molecule has 1 aliphatic rings. The fraction of sp³-hybridized carbons (Fsp3) is 0.292. The normalized spacial score (nSPS) is 15.2. The molecule has 4 aromatic heterocycles. The van der Waals surface area contributed by atoms with Gasteiger partial charge in [0.2, 0.25) is 5.01 Å². The summed E-state index contributed by atoms with van der Waals surface area (Å²) in [5.74, 6) is -0.274. The first-order valence-corrected chi connectivity index (χ1v) is 12.4. The van der Waals surface area contributed by atoms with Gasteiger partial charge in [0.05, 0.1) is 40.3 Å². The van der Waals surface area contributed by atoms with Crippen molar-refractivity contribution >= 4 is 34.5 Å². The number of carbonyl (C=O) groups excluding carboxylic acids is 1. The molecule has 5 heterocycles. The first kappa shape index (κ1) is 24.1. The fourth-order valence-corrected chi connectivity index (χ4v) is 5.08. The van der Waals surface area contributed by atoms with Crippen LogP contribution in [0.5, 0.6) is 0 Å². The number of nitrogens with one attached hydrogen (secondary N) is 2. The maximum atomic E-state index is 13.0. The van der Waals surface area contributed by atoms with Crippen LogP contribution in [0.1, 0.15) is 35.6 Å². The van der Waals surface area contributed by atoms with E-state index < -0.39 is 6.09 Å². The molecular formula is C24H23N9O3S. The van der Waals surface area contributed by atoms with Gasteiger partial charge in [0.15, 0.2) is 5.01 Å². The molecule has 13 heteroatoms. The highest BCUT2D eigenvalue weighted by Gasteiger charge is 2.30. The van der Waals surface area contributed by atoms with Gasteiger partial charge in [-0.3, -0.25) is 9.78 Å². The second kappa shape index (κ2) is 9.82. The number of nitrogens with zero attached hydrogens (tertiary/aromatic N) is 7. The average Bonchev–Trinajstić information content (AvgIpc) is 3.62. The lowest BCUT2D eigenvalue weighted by Crippen LogP contribution is -2.37. The van der Waals surface area contributed by atoms with Crippen LogP contribution in [-0.2, 0) is 0 Å². The van der Waals surface area contributed by atoms with E-state index in [-0.39, 0.29) is 23.0 Å². The Morgan fingerprint density at radius 2 is 2.08 bits per heavy atom. The molecule has 188 valence electrons. The second-order valence-corrected chi connectivity index (χ2v) is 9.90. The van der Waals surface area contributed by atoms with Crippen molar-refractivity contribution < 1.29 is 14.7 Å². The van der Waals surface area contributed by atoms with Crippen molar-refractivity contribution in [2.45, 2.75) is 32.4 Å². The minimum atomic E-state index is -1.10. The molecule has 12 nitrogen and oxygen atoms in total. The molecule has 0 aromatic carbocycles. The largest absolute Gasteiger partial charge is 0.465 e. The molecule has 4 aromatic rings. The van der Waals surface area contributed by atoms with Crippen LogP contribution in [0.25, 0.3) is 27.5 Å². The zero-order valence-corrected chi connectivity index (χ0v) is 20.9. The highest BCUT2D eigenvalue weighted by atomic mass is 32.1. The van der Waals surface area contributed by atoms with Crippen molar-refractivity contribution in [2.24, 2.45) is 0 Å². The smallest absolute Gasteiger partial charge is 0.404 e. The van der Waals surface area contributed by atoms with Crippen LogP contribution in [0.15, 0.2) is 36.7 Å². The molecule has 3 N–H and O–H groups in total. The lowest BCUT2D eigenvalue weighted by Gasteiger charge is -2.15. The van der Waals surface area contributed by atoms with Gasteiger partial charge >= 0.3 is 6.09 Å². The van der Waals surface area contributed by atoms with E-state index >= 15 is 0 Å². The van der Waals surface area contributed by atoms with E-state index in [2.05, 4.69) is 37.0 Å². The van der Waals surface area contributed by atoms with Gasteiger partial charge in [0.1, 0.15) is 6.07 Å². The van der Waals surface area contributed by atoms with E-state index in [1.165, 1.54) is 17.5 Å². The van der Waals surface area contributed by atoms with Crippen molar-refractivity contribution in [3.63, 3.8) is 0 Å². The Balaban J connectivity index is 1.44. The molecule has 1 aliphatic heterocycles. The number of aromatic nitrogens is 5. The van der Waals surface area contributed by atoms with Gasteiger partial charge in [0.25, 0.3) is 5.91 Å². The maximum absolute atomic E-state index is 13.0. The summed E-state index contributed by atoms with van der Waals surface area (Å²) in [6.07, 6.45) is 2.66. The Kier molecular flexibility index (Phi) is 6.41. The number of rotatable bonds is 6. The van der Waals surface area contributed by atoms with Gasteiger partial charge < -0.3 is 20.6 Å². The minimum absolute atomic E-state index is 0.117. The third kappa shape index (κ3) is 4.91. The topological polar surface area (TPSA) is 161 Å². The highest BCUT2D eigenvalue weighted by molar-refractivity contribution is 7.16. The summed E-state index contributed by atoms with van der Waals surface area (Å²) in [5, 5.41) is 37.4. The molecule has 37 heavy (non-hydrogen) atoms. The number of pyridine rings is 1. The van der Waals surface area contributed by atoms with E-state index in [0.717, 1.165) is 16.9 Å². The van der Waals surface area contributed by atoms with Gasteiger partial charge in [-0.05, 0) is 44.5 Å². The first-order chi connectivity index (χ1) is 17.8. The summed E-state index contributed by atoms with van der Waals surface area (Å²) in [7, 11) is 0. The number of nitriles is 1. The van der Waals surface area contributed by atoms with Crippen LogP contribution in [0.3, 0.4) is 0 Å². The zero-order chi connectivity index (χ0) is 26.1. The van der Waals surface area contributed by atoms with Crippen molar-refractivity contribution in [3.8, 4) is 28.0 Å². The number of amides is 2. The number of likely N-dealkylation sites (tertiary alicyclic amines) is 1. The Bertz CT molecular complexity index is 1540. The lowest BCUT2D eigenvalue weighted by molar-refractivity contribution is 0.0787. The summed E-state index contributed by atoms with van der Waals surface area (Å²) in [4.78, 5) is 30.1. The molecule has 0 spiro atoms. The van der Waals surface area contributed by atoms with Gasteiger partial charge in [-0.1, -0.05) is 11.3 Å². The van der Waals surface area contributed by atoms with Crippen LogP contribution in [-0.4, -0.2) is 72.0 Å². The minimum Gasteiger partial charge on any atom is -0.465 e.